The fourth-order valence-electron chi connectivity index (χ4n) is 1.72. The predicted molar refractivity (Wildman–Crippen MR) is 80.5 cm³/mol. The predicted octanol–water partition coefficient (Wildman–Crippen LogP) is 3.12. The van der Waals surface area contributed by atoms with Crippen molar-refractivity contribution in [1.29, 1.82) is 0 Å². The lowest BCUT2D eigenvalue weighted by Crippen LogP contribution is -2.12. The van der Waals surface area contributed by atoms with E-state index in [1.807, 2.05) is 54.8 Å². The van der Waals surface area contributed by atoms with Gasteiger partial charge in [-0.2, -0.15) is 0 Å². The number of rotatable bonds is 4. The molecule has 98 valence electrons. The summed E-state index contributed by atoms with van der Waals surface area (Å²) >= 11 is 1.65. The molecule has 3 N–H and O–H groups in total. The number of nitrogens with two attached hydrogens (primary N) is 1. The number of thioether (sulfide) groups is 1. The number of amides is 1. The van der Waals surface area contributed by atoms with Gasteiger partial charge < -0.3 is 11.1 Å². The van der Waals surface area contributed by atoms with Crippen LogP contribution in [-0.2, 0) is 6.54 Å². The number of hydrogen-bond acceptors (Lipinski definition) is 3. The van der Waals surface area contributed by atoms with E-state index in [-0.39, 0.29) is 5.91 Å². The molecule has 0 unspecified atom stereocenters. The Kier molecular flexibility index (Phi) is 4.60. The quantitative estimate of drug-likeness (QED) is 0.841. The Labute approximate surface area is 117 Å². The van der Waals surface area contributed by atoms with Gasteiger partial charge >= 0.3 is 0 Å². The van der Waals surface area contributed by atoms with Crippen LogP contribution >= 0.6 is 11.8 Å². The molecule has 0 atom stereocenters. The van der Waals surface area contributed by atoms with Gasteiger partial charge in [0.2, 0.25) is 0 Å². The van der Waals surface area contributed by atoms with Crippen molar-refractivity contribution in [3.8, 4) is 0 Å². The highest BCUT2D eigenvalue weighted by atomic mass is 32.2. The minimum Gasteiger partial charge on any atom is -0.326 e. The van der Waals surface area contributed by atoms with Crippen LogP contribution in [0.15, 0.2) is 53.4 Å². The van der Waals surface area contributed by atoms with Gasteiger partial charge in [-0.1, -0.05) is 12.1 Å². The Bertz CT molecular complexity index is 567. The molecule has 0 spiro atoms. The third-order valence-corrected chi connectivity index (χ3v) is 3.52. The van der Waals surface area contributed by atoms with Crippen LogP contribution in [-0.4, -0.2) is 12.2 Å². The third-order valence-electron chi connectivity index (χ3n) is 2.77. The third kappa shape index (κ3) is 3.59. The van der Waals surface area contributed by atoms with Gasteiger partial charge in [0.1, 0.15) is 0 Å². The van der Waals surface area contributed by atoms with Crippen molar-refractivity contribution in [2.45, 2.75) is 11.4 Å². The smallest absolute Gasteiger partial charge is 0.255 e. The maximum Gasteiger partial charge on any atom is 0.255 e. The SMILES string of the molecule is CSc1ccc(C(=O)Nc2cccc(CN)c2)cc1. The van der Waals surface area contributed by atoms with E-state index >= 15 is 0 Å². The van der Waals surface area contributed by atoms with E-state index in [0.717, 1.165) is 16.1 Å². The number of carbonyl (C=O) groups excluding carboxylic acids is 1. The van der Waals surface area contributed by atoms with Gasteiger partial charge in [-0.05, 0) is 48.2 Å². The van der Waals surface area contributed by atoms with Gasteiger partial charge in [-0.25, -0.2) is 0 Å². The Hall–Kier alpha value is -1.78. The van der Waals surface area contributed by atoms with Crippen molar-refractivity contribution in [3.05, 3.63) is 59.7 Å². The summed E-state index contributed by atoms with van der Waals surface area (Å²) < 4.78 is 0. The molecule has 0 radical (unpaired) electrons. The van der Waals surface area contributed by atoms with E-state index in [1.54, 1.807) is 11.8 Å². The highest BCUT2D eigenvalue weighted by Gasteiger charge is 2.06. The lowest BCUT2D eigenvalue weighted by Gasteiger charge is -2.07. The molecule has 0 heterocycles. The monoisotopic (exact) mass is 272 g/mol. The summed E-state index contributed by atoms with van der Waals surface area (Å²) in [5, 5.41) is 2.87. The first-order valence-corrected chi connectivity index (χ1v) is 7.20. The van der Waals surface area contributed by atoms with E-state index in [4.69, 9.17) is 5.73 Å². The van der Waals surface area contributed by atoms with Gasteiger partial charge in [0, 0.05) is 22.7 Å². The molecule has 0 aromatic heterocycles. The van der Waals surface area contributed by atoms with Crippen LogP contribution in [0.5, 0.6) is 0 Å². The Morgan fingerprint density at radius 1 is 1.21 bits per heavy atom. The van der Waals surface area contributed by atoms with Gasteiger partial charge in [-0.15, -0.1) is 11.8 Å². The van der Waals surface area contributed by atoms with E-state index in [9.17, 15) is 4.79 Å². The summed E-state index contributed by atoms with van der Waals surface area (Å²) in [6, 6.07) is 15.1. The summed E-state index contributed by atoms with van der Waals surface area (Å²) in [7, 11) is 0. The molecular weight excluding hydrogens is 256 g/mol. The Morgan fingerprint density at radius 2 is 1.95 bits per heavy atom. The first-order chi connectivity index (χ1) is 9.22. The Balaban J connectivity index is 2.11. The van der Waals surface area contributed by atoms with Crippen LogP contribution in [0.4, 0.5) is 5.69 Å². The largest absolute Gasteiger partial charge is 0.326 e. The topological polar surface area (TPSA) is 55.1 Å². The number of hydrogen-bond donors (Lipinski definition) is 2. The summed E-state index contributed by atoms with van der Waals surface area (Å²) in [4.78, 5) is 13.2. The Morgan fingerprint density at radius 3 is 2.58 bits per heavy atom. The molecule has 3 nitrogen and oxygen atoms in total. The van der Waals surface area contributed by atoms with Crippen molar-refractivity contribution >= 4 is 23.4 Å². The standard InChI is InChI=1S/C15H16N2OS/c1-19-14-7-5-12(6-8-14)15(18)17-13-4-2-3-11(9-13)10-16/h2-9H,10,16H2,1H3,(H,17,18). The van der Waals surface area contributed by atoms with Crippen LogP contribution in [0.1, 0.15) is 15.9 Å². The zero-order valence-corrected chi connectivity index (χ0v) is 11.5. The van der Waals surface area contributed by atoms with Crippen LogP contribution in [0, 0.1) is 0 Å². The van der Waals surface area contributed by atoms with Crippen LogP contribution < -0.4 is 11.1 Å². The summed E-state index contributed by atoms with van der Waals surface area (Å²) in [5.74, 6) is -0.109. The zero-order chi connectivity index (χ0) is 13.7. The molecule has 1 amide bonds. The van der Waals surface area contributed by atoms with Crippen molar-refractivity contribution < 1.29 is 4.79 Å². The fourth-order valence-corrected chi connectivity index (χ4v) is 2.13. The highest BCUT2D eigenvalue weighted by molar-refractivity contribution is 7.98. The normalized spacial score (nSPS) is 10.2. The molecule has 0 saturated carbocycles. The average molecular weight is 272 g/mol. The molecular formula is C15H16N2OS. The highest BCUT2D eigenvalue weighted by Crippen LogP contribution is 2.16. The molecule has 19 heavy (non-hydrogen) atoms. The van der Waals surface area contributed by atoms with Crippen molar-refractivity contribution in [2.24, 2.45) is 5.73 Å². The molecule has 0 aliphatic rings. The lowest BCUT2D eigenvalue weighted by atomic mass is 10.2. The summed E-state index contributed by atoms with van der Waals surface area (Å²) in [6.07, 6.45) is 2.01. The molecule has 0 fully saturated rings. The zero-order valence-electron chi connectivity index (χ0n) is 10.7. The molecule has 2 aromatic carbocycles. The lowest BCUT2D eigenvalue weighted by molar-refractivity contribution is 0.102. The minimum absolute atomic E-state index is 0.109. The second-order valence-electron chi connectivity index (χ2n) is 4.09. The minimum atomic E-state index is -0.109. The molecule has 2 aromatic rings. The van der Waals surface area contributed by atoms with E-state index < -0.39 is 0 Å². The summed E-state index contributed by atoms with van der Waals surface area (Å²) in [6.45, 7) is 0.464. The number of nitrogens with one attached hydrogen (secondary N) is 1. The first kappa shape index (κ1) is 13.6. The van der Waals surface area contributed by atoms with Gasteiger partial charge in [0.15, 0.2) is 0 Å². The van der Waals surface area contributed by atoms with Gasteiger partial charge in [0.25, 0.3) is 5.91 Å². The van der Waals surface area contributed by atoms with E-state index in [0.29, 0.717) is 12.1 Å². The van der Waals surface area contributed by atoms with Crippen molar-refractivity contribution in [1.82, 2.24) is 0 Å². The number of anilines is 1. The van der Waals surface area contributed by atoms with Gasteiger partial charge in [-0.3, -0.25) is 4.79 Å². The number of benzene rings is 2. The van der Waals surface area contributed by atoms with Crippen LogP contribution in [0.2, 0.25) is 0 Å². The molecule has 4 heteroatoms. The molecule has 0 saturated heterocycles. The molecule has 0 aliphatic heterocycles. The van der Waals surface area contributed by atoms with E-state index in [1.165, 1.54) is 0 Å². The fraction of sp³-hybridized carbons (Fsp3) is 0.133. The second kappa shape index (κ2) is 6.41. The molecule has 2 rings (SSSR count). The van der Waals surface area contributed by atoms with Crippen molar-refractivity contribution in [2.75, 3.05) is 11.6 Å². The van der Waals surface area contributed by atoms with Crippen LogP contribution in [0.25, 0.3) is 0 Å². The maximum absolute atomic E-state index is 12.1. The first-order valence-electron chi connectivity index (χ1n) is 5.97. The molecule has 0 bridgehead atoms. The van der Waals surface area contributed by atoms with Crippen molar-refractivity contribution in [3.63, 3.8) is 0 Å². The van der Waals surface area contributed by atoms with Crippen LogP contribution in [0.3, 0.4) is 0 Å². The maximum atomic E-state index is 12.1. The number of carbonyl (C=O) groups is 1. The second-order valence-corrected chi connectivity index (χ2v) is 4.97. The molecule has 0 aliphatic carbocycles. The summed E-state index contributed by atoms with van der Waals surface area (Å²) in [5.41, 5.74) is 7.99. The van der Waals surface area contributed by atoms with Gasteiger partial charge in [0.05, 0.1) is 0 Å². The average Bonchev–Trinajstić information content (AvgIpc) is 2.47. The van der Waals surface area contributed by atoms with E-state index in [2.05, 4.69) is 5.32 Å².